The molecule has 1 N–H and O–H groups in total. The van der Waals surface area contributed by atoms with E-state index in [0.29, 0.717) is 6.54 Å². The Bertz CT molecular complexity index is 286. The van der Waals surface area contributed by atoms with Crippen molar-refractivity contribution in [3.8, 4) is 0 Å². The van der Waals surface area contributed by atoms with Crippen molar-refractivity contribution in [2.24, 2.45) is 0 Å². The molecule has 0 aromatic carbocycles. The van der Waals surface area contributed by atoms with Crippen molar-refractivity contribution in [3.63, 3.8) is 0 Å². The largest absolute Gasteiger partial charge is 0.481 e. The minimum atomic E-state index is -0.857. The summed E-state index contributed by atoms with van der Waals surface area (Å²) in [7, 11) is 0. The van der Waals surface area contributed by atoms with Crippen LogP contribution in [0.2, 0.25) is 0 Å². The molecule has 1 atom stereocenters. The van der Waals surface area contributed by atoms with Crippen LogP contribution in [0.1, 0.15) is 46.0 Å². The molecule has 18 heavy (non-hydrogen) atoms. The number of rotatable bonds is 4. The molecule has 1 aliphatic heterocycles. The van der Waals surface area contributed by atoms with E-state index in [1.807, 2.05) is 11.8 Å². The zero-order valence-corrected chi connectivity index (χ0v) is 11.4. The van der Waals surface area contributed by atoms with E-state index in [2.05, 4.69) is 0 Å². The zero-order chi connectivity index (χ0) is 13.5. The number of carbonyl (C=O) groups excluding carboxylic acids is 1. The smallest absolute Gasteiger partial charge is 0.320 e. The molecule has 0 saturated carbocycles. The highest BCUT2D eigenvalue weighted by Gasteiger charge is 2.25. The molecule has 0 aromatic heterocycles. The maximum atomic E-state index is 12.4. The number of nitrogens with zero attached hydrogens (tertiary/aromatic N) is 2. The molecule has 104 valence electrons. The number of carbonyl (C=O) groups is 2. The first-order valence-corrected chi connectivity index (χ1v) is 6.83. The van der Waals surface area contributed by atoms with E-state index in [9.17, 15) is 9.59 Å². The average molecular weight is 256 g/mol. The van der Waals surface area contributed by atoms with Gasteiger partial charge in [0.25, 0.3) is 0 Å². The monoisotopic (exact) mass is 256 g/mol. The van der Waals surface area contributed by atoms with Crippen LogP contribution in [0.5, 0.6) is 0 Å². The summed E-state index contributed by atoms with van der Waals surface area (Å²) in [6, 6.07) is -0.253. The van der Waals surface area contributed by atoms with Gasteiger partial charge in [0.2, 0.25) is 0 Å². The lowest BCUT2D eigenvalue weighted by Gasteiger charge is -2.32. The SMILES string of the molecule is CCN(C(=O)N1CCCCCC1)C(C)CC(=O)O. The summed E-state index contributed by atoms with van der Waals surface area (Å²) in [6.07, 6.45) is 4.47. The summed E-state index contributed by atoms with van der Waals surface area (Å²) < 4.78 is 0. The molecular formula is C13H24N2O3. The second-order valence-corrected chi connectivity index (χ2v) is 4.92. The average Bonchev–Trinajstić information content (AvgIpc) is 2.57. The summed E-state index contributed by atoms with van der Waals surface area (Å²) in [5, 5.41) is 8.81. The first-order chi connectivity index (χ1) is 8.56. The van der Waals surface area contributed by atoms with Gasteiger partial charge in [-0.3, -0.25) is 4.79 Å². The number of hydrogen-bond acceptors (Lipinski definition) is 2. The molecule has 1 fully saturated rings. The second kappa shape index (κ2) is 7.24. The fourth-order valence-electron chi connectivity index (χ4n) is 2.44. The molecule has 5 nitrogen and oxygen atoms in total. The van der Waals surface area contributed by atoms with Crippen LogP contribution in [0, 0.1) is 0 Å². The van der Waals surface area contributed by atoms with Gasteiger partial charge in [0.15, 0.2) is 0 Å². The number of amides is 2. The minimum absolute atomic E-state index is 0.00634. The van der Waals surface area contributed by atoms with Gasteiger partial charge in [0.05, 0.1) is 6.42 Å². The van der Waals surface area contributed by atoms with E-state index in [1.165, 1.54) is 12.8 Å². The molecule has 0 aliphatic carbocycles. The third-order valence-electron chi connectivity index (χ3n) is 3.47. The predicted molar refractivity (Wildman–Crippen MR) is 69.5 cm³/mol. The van der Waals surface area contributed by atoms with Gasteiger partial charge in [-0.05, 0) is 26.7 Å². The van der Waals surface area contributed by atoms with Crippen molar-refractivity contribution < 1.29 is 14.7 Å². The van der Waals surface area contributed by atoms with Crippen LogP contribution < -0.4 is 0 Å². The van der Waals surface area contributed by atoms with E-state index in [1.54, 1.807) is 11.8 Å². The lowest BCUT2D eigenvalue weighted by atomic mass is 10.2. The van der Waals surface area contributed by atoms with Crippen molar-refractivity contribution in [2.75, 3.05) is 19.6 Å². The first kappa shape index (κ1) is 14.8. The van der Waals surface area contributed by atoms with Gasteiger partial charge in [-0.1, -0.05) is 12.8 Å². The Morgan fingerprint density at radius 2 is 1.78 bits per heavy atom. The Labute approximate surface area is 109 Å². The van der Waals surface area contributed by atoms with Crippen LogP contribution in [0.25, 0.3) is 0 Å². The van der Waals surface area contributed by atoms with Crippen LogP contribution in [-0.2, 0) is 4.79 Å². The number of carboxylic acids is 1. The van der Waals surface area contributed by atoms with E-state index < -0.39 is 5.97 Å². The quantitative estimate of drug-likeness (QED) is 0.838. The zero-order valence-electron chi connectivity index (χ0n) is 11.4. The first-order valence-electron chi connectivity index (χ1n) is 6.83. The Morgan fingerprint density at radius 1 is 1.22 bits per heavy atom. The van der Waals surface area contributed by atoms with Crippen LogP contribution in [0.3, 0.4) is 0 Å². The molecule has 1 aliphatic rings. The van der Waals surface area contributed by atoms with Crippen molar-refractivity contribution in [2.45, 2.75) is 52.0 Å². The highest BCUT2D eigenvalue weighted by molar-refractivity contribution is 5.76. The van der Waals surface area contributed by atoms with Crippen LogP contribution in [0.4, 0.5) is 4.79 Å². The molecular weight excluding hydrogens is 232 g/mol. The fraction of sp³-hybridized carbons (Fsp3) is 0.846. The summed E-state index contributed by atoms with van der Waals surface area (Å²) in [4.78, 5) is 26.6. The fourth-order valence-corrected chi connectivity index (χ4v) is 2.44. The molecule has 0 spiro atoms. The second-order valence-electron chi connectivity index (χ2n) is 4.92. The number of likely N-dealkylation sites (tertiary alicyclic amines) is 1. The highest BCUT2D eigenvalue weighted by Crippen LogP contribution is 2.14. The van der Waals surface area contributed by atoms with Gasteiger partial charge in [0.1, 0.15) is 0 Å². The molecule has 1 rings (SSSR count). The lowest BCUT2D eigenvalue weighted by Crippen LogP contribution is -2.48. The van der Waals surface area contributed by atoms with E-state index in [0.717, 1.165) is 25.9 Å². The van der Waals surface area contributed by atoms with Gasteiger partial charge in [-0.15, -0.1) is 0 Å². The van der Waals surface area contributed by atoms with Crippen LogP contribution >= 0.6 is 0 Å². The summed E-state index contributed by atoms with van der Waals surface area (Å²) in [5.74, 6) is -0.857. The summed E-state index contributed by atoms with van der Waals surface area (Å²) in [5.41, 5.74) is 0. The predicted octanol–water partition coefficient (Wildman–Crippen LogP) is 2.17. The van der Waals surface area contributed by atoms with Crippen molar-refractivity contribution in [3.05, 3.63) is 0 Å². The van der Waals surface area contributed by atoms with Gasteiger partial charge in [-0.2, -0.15) is 0 Å². The molecule has 5 heteroatoms. The number of hydrogen-bond donors (Lipinski definition) is 1. The van der Waals surface area contributed by atoms with Gasteiger partial charge in [-0.25, -0.2) is 4.79 Å². The Balaban J connectivity index is 2.62. The molecule has 2 amide bonds. The van der Waals surface area contributed by atoms with Crippen molar-refractivity contribution >= 4 is 12.0 Å². The normalized spacial score (nSPS) is 18.0. The van der Waals surface area contributed by atoms with Crippen molar-refractivity contribution in [1.29, 1.82) is 0 Å². The molecule has 1 saturated heterocycles. The Kier molecular flexibility index (Phi) is 5.95. The van der Waals surface area contributed by atoms with Gasteiger partial charge >= 0.3 is 12.0 Å². The van der Waals surface area contributed by atoms with Gasteiger partial charge < -0.3 is 14.9 Å². The maximum absolute atomic E-state index is 12.4. The highest BCUT2D eigenvalue weighted by atomic mass is 16.4. The van der Waals surface area contributed by atoms with Crippen LogP contribution in [-0.4, -0.2) is 52.6 Å². The molecule has 1 unspecified atom stereocenters. The van der Waals surface area contributed by atoms with E-state index >= 15 is 0 Å². The third-order valence-corrected chi connectivity index (χ3v) is 3.47. The molecule has 0 aromatic rings. The summed E-state index contributed by atoms with van der Waals surface area (Å²) in [6.45, 7) is 5.86. The maximum Gasteiger partial charge on any atom is 0.320 e. The van der Waals surface area contributed by atoms with E-state index in [-0.39, 0.29) is 18.5 Å². The van der Waals surface area contributed by atoms with E-state index in [4.69, 9.17) is 5.11 Å². The van der Waals surface area contributed by atoms with Gasteiger partial charge in [0, 0.05) is 25.7 Å². The summed E-state index contributed by atoms with van der Waals surface area (Å²) >= 11 is 0. The standard InChI is InChI=1S/C13H24N2O3/c1-3-15(11(2)10-12(16)17)13(18)14-8-6-4-5-7-9-14/h11H,3-10H2,1-2H3,(H,16,17). The number of aliphatic carboxylic acids is 1. The molecule has 0 bridgehead atoms. The number of urea groups is 1. The number of carboxylic acid groups (broad SMARTS) is 1. The Morgan fingerprint density at radius 3 is 2.22 bits per heavy atom. The van der Waals surface area contributed by atoms with Crippen LogP contribution in [0.15, 0.2) is 0 Å². The third kappa shape index (κ3) is 4.20. The lowest BCUT2D eigenvalue weighted by molar-refractivity contribution is -0.138. The molecule has 1 heterocycles. The Hall–Kier alpha value is -1.26. The van der Waals surface area contributed by atoms with Crippen molar-refractivity contribution in [1.82, 2.24) is 9.80 Å². The topological polar surface area (TPSA) is 60.9 Å². The molecule has 0 radical (unpaired) electrons. The minimum Gasteiger partial charge on any atom is -0.481 e.